The molecule has 1 aromatic carbocycles. The van der Waals surface area contributed by atoms with Gasteiger partial charge in [-0.3, -0.25) is 0 Å². The molecular weight excluding hydrogens is 261 g/mol. The summed E-state index contributed by atoms with van der Waals surface area (Å²) in [4.78, 5) is 0. The Morgan fingerprint density at radius 2 is 2.06 bits per heavy atom. The lowest BCUT2D eigenvalue weighted by Gasteiger charge is -2.17. The second-order valence-electron chi connectivity index (χ2n) is 3.55. The highest BCUT2D eigenvalue weighted by atomic mass is 35.5. The summed E-state index contributed by atoms with van der Waals surface area (Å²) in [6.07, 6.45) is -6.54. The third kappa shape index (κ3) is 2.02. The van der Waals surface area contributed by atoms with E-state index in [0.717, 1.165) is 6.07 Å². The summed E-state index contributed by atoms with van der Waals surface area (Å²) in [5.41, 5.74) is -0.175. The first-order valence-corrected chi connectivity index (χ1v) is 5.01. The molecule has 0 amide bonds. The van der Waals surface area contributed by atoms with Crippen LogP contribution < -0.4 is 9.47 Å². The van der Waals surface area contributed by atoms with E-state index in [1.807, 2.05) is 0 Å². The molecule has 0 radical (unpaired) electrons. The molecule has 1 aromatic rings. The number of methoxy groups -OCH3 is 1. The fraction of sp³-hybridized carbons (Fsp3) is 0.400. The van der Waals surface area contributed by atoms with Crippen LogP contribution in [0.4, 0.5) is 13.2 Å². The van der Waals surface area contributed by atoms with Crippen molar-refractivity contribution in [1.82, 2.24) is 0 Å². The summed E-state index contributed by atoms with van der Waals surface area (Å²) in [5, 5.41) is 9.40. The van der Waals surface area contributed by atoms with Crippen LogP contribution in [0, 0.1) is 0 Å². The average Bonchev–Trinajstić information content (AvgIpc) is 2.50. The summed E-state index contributed by atoms with van der Waals surface area (Å²) in [6, 6.07) is 2.33. The number of fused-ring (bicyclic) bond motifs is 1. The number of halogens is 4. The van der Waals surface area contributed by atoms with Gasteiger partial charge in [-0.25, -0.2) is 0 Å². The smallest absolute Gasteiger partial charge is 0.401 e. The summed E-state index contributed by atoms with van der Waals surface area (Å²) in [5.74, 6) is -2.05. The Bertz CT molecular complexity index is 447. The fourth-order valence-electron chi connectivity index (χ4n) is 1.74. The number of ether oxygens (including phenoxy) is 2. The molecule has 1 aliphatic rings. The maximum absolute atomic E-state index is 12.7. The third-order valence-corrected chi connectivity index (χ3v) is 2.80. The lowest BCUT2D eigenvalue weighted by Crippen LogP contribution is -2.30. The first kappa shape index (κ1) is 12.3. The normalized spacial score (nSPS) is 23.2. The number of hydrogen-bond donors (Lipinski definition) is 1. The Morgan fingerprint density at radius 3 is 2.59 bits per heavy atom. The van der Waals surface area contributed by atoms with E-state index in [0.29, 0.717) is 0 Å². The van der Waals surface area contributed by atoms with Crippen LogP contribution in [0.5, 0.6) is 11.5 Å². The van der Waals surface area contributed by atoms with Crippen LogP contribution in [-0.2, 0) is 0 Å². The van der Waals surface area contributed by atoms with Crippen molar-refractivity contribution in [3.8, 4) is 11.5 Å². The Morgan fingerprint density at radius 1 is 1.41 bits per heavy atom. The van der Waals surface area contributed by atoms with E-state index in [1.54, 1.807) is 0 Å². The molecule has 0 unspecified atom stereocenters. The van der Waals surface area contributed by atoms with Gasteiger partial charge in [0.15, 0.2) is 0 Å². The van der Waals surface area contributed by atoms with Crippen molar-refractivity contribution >= 4 is 11.6 Å². The van der Waals surface area contributed by atoms with Crippen LogP contribution >= 0.6 is 11.6 Å². The van der Waals surface area contributed by atoms with E-state index in [2.05, 4.69) is 0 Å². The molecule has 3 nitrogen and oxygen atoms in total. The van der Waals surface area contributed by atoms with Crippen molar-refractivity contribution < 1.29 is 27.8 Å². The van der Waals surface area contributed by atoms with Crippen LogP contribution in [0.15, 0.2) is 12.1 Å². The zero-order valence-electron chi connectivity index (χ0n) is 8.58. The standard InChI is InChI=1S/C10H8ClF3O3/c1-16-7-2-4-6(3-5(7)11)17-9(15)8(4)10(12,13)14/h2-3,8-9,15H,1H3/t8-,9-/m1/s1. The fourth-order valence-corrected chi connectivity index (χ4v) is 1.97. The zero-order valence-corrected chi connectivity index (χ0v) is 9.34. The molecule has 0 saturated carbocycles. The van der Waals surface area contributed by atoms with E-state index in [4.69, 9.17) is 21.1 Å². The molecule has 0 aliphatic carbocycles. The Kier molecular flexibility index (Phi) is 2.87. The predicted molar refractivity (Wildman–Crippen MR) is 53.4 cm³/mol. The van der Waals surface area contributed by atoms with Gasteiger partial charge in [-0.1, -0.05) is 11.6 Å². The second kappa shape index (κ2) is 3.96. The third-order valence-electron chi connectivity index (χ3n) is 2.50. The molecule has 0 fully saturated rings. The molecule has 0 saturated heterocycles. The van der Waals surface area contributed by atoms with E-state index in [-0.39, 0.29) is 22.1 Å². The Labute approximate surface area is 99.7 Å². The van der Waals surface area contributed by atoms with Gasteiger partial charge in [-0.2, -0.15) is 13.2 Å². The molecule has 1 aliphatic heterocycles. The Balaban J connectivity index is 2.52. The van der Waals surface area contributed by atoms with Gasteiger partial charge in [0.25, 0.3) is 0 Å². The number of benzene rings is 1. The zero-order chi connectivity index (χ0) is 12.8. The van der Waals surface area contributed by atoms with Gasteiger partial charge in [-0.15, -0.1) is 0 Å². The number of aliphatic hydroxyl groups excluding tert-OH is 1. The highest BCUT2D eigenvalue weighted by molar-refractivity contribution is 6.32. The minimum atomic E-state index is -4.59. The molecular formula is C10H8ClF3O3. The summed E-state index contributed by atoms with van der Waals surface area (Å²) in [7, 11) is 1.29. The van der Waals surface area contributed by atoms with Gasteiger partial charge in [-0.05, 0) is 6.07 Å². The minimum absolute atomic E-state index is 0.0781. The molecule has 94 valence electrons. The molecule has 17 heavy (non-hydrogen) atoms. The summed E-state index contributed by atoms with van der Waals surface area (Å²) < 4.78 is 47.7. The van der Waals surface area contributed by atoms with Gasteiger partial charge in [0.2, 0.25) is 6.29 Å². The van der Waals surface area contributed by atoms with Crippen molar-refractivity contribution in [2.24, 2.45) is 0 Å². The summed E-state index contributed by atoms with van der Waals surface area (Å²) >= 11 is 5.75. The van der Waals surface area contributed by atoms with E-state index >= 15 is 0 Å². The van der Waals surface area contributed by atoms with Crippen LogP contribution in [0.2, 0.25) is 5.02 Å². The number of rotatable bonds is 1. The van der Waals surface area contributed by atoms with Crippen molar-refractivity contribution in [1.29, 1.82) is 0 Å². The molecule has 0 bridgehead atoms. The number of hydrogen-bond acceptors (Lipinski definition) is 3. The van der Waals surface area contributed by atoms with Crippen LogP contribution in [0.25, 0.3) is 0 Å². The van der Waals surface area contributed by atoms with E-state index < -0.39 is 18.4 Å². The number of aliphatic hydroxyl groups is 1. The van der Waals surface area contributed by atoms with Crippen LogP contribution in [0.3, 0.4) is 0 Å². The van der Waals surface area contributed by atoms with Gasteiger partial charge < -0.3 is 14.6 Å². The van der Waals surface area contributed by atoms with Gasteiger partial charge in [0, 0.05) is 11.6 Å². The topological polar surface area (TPSA) is 38.7 Å². The van der Waals surface area contributed by atoms with E-state index in [1.165, 1.54) is 13.2 Å². The largest absolute Gasteiger partial charge is 0.495 e. The van der Waals surface area contributed by atoms with Crippen molar-refractivity contribution in [3.63, 3.8) is 0 Å². The molecule has 1 N–H and O–H groups in total. The highest BCUT2D eigenvalue weighted by Crippen LogP contribution is 2.49. The monoisotopic (exact) mass is 268 g/mol. The maximum atomic E-state index is 12.7. The first-order valence-electron chi connectivity index (χ1n) is 4.63. The summed E-state index contributed by atoms with van der Waals surface area (Å²) in [6.45, 7) is 0. The van der Waals surface area contributed by atoms with Crippen LogP contribution in [-0.4, -0.2) is 24.7 Å². The SMILES string of the molecule is COc1cc2c(cc1Cl)O[C@@H](O)[C@@H]2C(F)(F)F. The molecule has 2 rings (SSSR count). The van der Waals surface area contributed by atoms with Crippen molar-refractivity contribution in [2.75, 3.05) is 7.11 Å². The first-order chi connectivity index (χ1) is 7.84. The van der Waals surface area contributed by atoms with E-state index in [9.17, 15) is 18.3 Å². The highest BCUT2D eigenvalue weighted by Gasteiger charge is 2.52. The molecule has 2 atom stereocenters. The van der Waals surface area contributed by atoms with Gasteiger partial charge >= 0.3 is 6.18 Å². The number of alkyl halides is 3. The lowest BCUT2D eigenvalue weighted by molar-refractivity contribution is -0.191. The Hall–Kier alpha value is -1.14. The molecule has 7 heteroatoms. The van der Waals surface area contributed by atoms with Gasteiger partial charge in [0.1, 0.15) is 17.4 Å². The quantitative estimate of drug-likeness (QED) is 0.851. The maximum Gasteiger partial charge on any atom is 0.401 e. The molecule has 1 heterocycles. The molecule has 0 spiro atoms. The lowest BCUT2D eigenvalue weighted by atomic mass is 9.99. The van der Waals surface area contributed by atoms with Gasteiger partial charge in [0.05, 0.1) is 12.1 Å². The van der Waals surface area contributed by atoms with Crippen LogP contribution in [0.1, 0.15) is 11.5 Å². The van der Waals surface area contributed by atoms with Crippen molar-refractivity contribution in [2.45, 2.75) is 18.4 Å². The molecule has 0 aromatic heterocycles. The average molecular weight is 269 g/mol. The minimum Gasteiger partial charge on any atom is -0.495 e. The van der Waals surface area contributed by atoms with Crippen molar-refractivity contribution in [3.05, 3.63) is 22.7 Å². The predicted octanol–water partition coefficient (Wildman–Crippen LogP) is 2.71. The second-order valence-corrected chi connectivity index (χ2v) is 3.96.